The number of hydrogen-bond acceptors (Lipinski definition) is 5. The molecule has 0 aromatic carbocycles. The molecule has 5 nitrogen and oxygen atoms in total. The third-order valence-electron chi connectivity index (χ3n) is 1.62. The maximum atomic E-state index is 11.1. The summed E-state index contributed by atoms with van der Waals surface area (Å²) >= 11 is 0. The standard InChI is InChI=1S/C14H18O5/c1-3-5-7-9-13(15)17-11-12-18-19-14(16)10-8-6-4-2/h3-10H,11-12H2,1-2H3. The lowest BCUT2D eigenvalue weighted by atomic mass is 10.4. The van der Waals surface area contributed by atoms with Gasteiger partial charge in [0.15, 0.2) is 0 Å². The van der Waals surface area contributed by atoms with E-state index >= 15 is 0 Å². The maximum absolute atomic E-state index is 11.1. The SMILES string of the molecule is CC=CC=CC(=O)OCCOOC(=O)C=CC=CC. The molecule has 0 radical (unpaired) electrons. The van der Waals surface area contributed by atoms with Crippen LogP contribution in [0, 0.1) is 0 Å². The van der Waals surface area contributed by atoms with Crippen molar-refractivity contribution < 1.29 is 24.1 Å². The van der Waals surface area contributed by atoms with Gasteiger partial charge in [0.05, 0.1) is 0 Å². The third kappa shape index (κ3) is 12.1. The van der Waals surface area contributed by atoms with Crippen molar-refractivity contribution in [2.45, 2.75) is 13.8 Å². The molecule has 0 fully saturated rings. The Balaban J connectivity index is 3.59. The van der Waals surface area contributed by atoms with Crippen LogP contribution in [0.25, 0.3) is 0 Å². The van der Waals surface area contributed by atoms with Gasteiger partial charge >= 0.3 is 11.9 Å². The van der Waals surface area contributed by atoms with E-state index in [4.69, 9.17) is 4.74 Å². The van der Waals surface area contributed by atoms with Gasteiger partial charge in [-0.1, -0.05) is 36.5 Å². The van der Waals surface area contributed by atoms with Gasteiger partial charge in [0.25, 0.3) is 0 Å². The minimum absolute atomic E-state index is 0.00483. The number of hydrogen-bond donors (Lipinski definition) is 0. The Hall–Kier alpha value is -2.14. The Bertz CT molecular complexity index is 341. The monoisotopic (exact) mass is 266 g/mol. The highest BCUT2D eigenvalue weighted by atomic mass is 17.2. The zero-order chi connectivity index (χ0) is 14.3. The van der Waals surface area contributed by atoms with Crippen molar-refractivity contribution in [2.24, 2.45) is 0 Å². The topological polar surface area (TPSA) is 61.8 Å². The summed E-state index contributed by atoms with van der Waals surface area (Å²) in [4.78, 5) is 31.0. The Kier molecular flexibility index (Phi) is 10.9. The Morgan fingerprint density at radius 1 is 0.842 bits per heavy atom. The number of carbonyl (C=O) groups is 2. The fourth-order valence-electron chi connectivity index (χ4n) is 0.842. The quantitative estimate of drug-likeness (QED) is 0.168. The molecule has 0 aliphatic carbocycles. The average molecular weight is 266 g/mol. The largest absolute Gasteiger partial charge is 0.460 e. The minimum Gasteiger partial charge on any atom is -0.460 e. The zero-order valence-corrected chi connectivity index (χ0v) is 11.1. The van der Waals surface area contributed by atoms with Crippen LogP contribution in [0.15, 0.2) is 48.6 Å². The first-order valence-electron chi connectivity index (χ1n) is 5.79. The summed E-state index contributed by atoms with van der Waals surface area (Å²) in [5.74, 6) is -1.11. The van der Waals surface area contributed by atoms with Gasteiger partial charge in [0.2, 0.25) is 0 Å². The number of carbonyl (C=O) groups excluding carboxylic acids is 2. The summed E-state index contributed by atoms with van der Waals surface area (Å²) in [7, 11) is 0. The molecular weight excluding hydrogens is 248 g/mol. The predicted octanol–water partition coefficient (Wildman–Crippen LogP) is 2.27. The molecule has 0 spiro atoms. The molecule has 0 bridgehead atoms. The second-order valence-electron chi connectivity index (χ2n) is 3.16. The number of ether oxygens (including phenoxy) is 1. The van der Waals surface area contributed by atoms with Crippen LogP contribution in [0.4, 0.5) is 0 Å². The Labute approximate surface area is 112 Å². The molecule has 5 heteroatoms. The summed E-state index contributed by atoms with van der Waals surface area (Å²) in [5, 5.41) is 0. The van der Waals surface area contributed by atoms with Gasteiger partial charge in [-0.25, -0.2) is 9.59 Å². The van der Waals surface area contributed by atoms with Crippen molar-refractivity contribution in [1.82, 2.24) is 0 Å². The maximum Gasteiger partial charge on any atom is 0.365 e. The van der Waals surface area contributed by atoms with Crippen LogP contribution >= 0.6 is 0 Å². The number of rotatable bonds is 8. The van der Waals surface area contributed by atoms with Crippen LogP contribution in [0.5, 0.6) is 0 Å². The first-order chi connectivity index (χ1) is 9.20. The molecule has 0 rings (SSSR count). The van der Waals surface area contributed by atoms with E-state index in [0.29, 0.717) is 0 Å². The van der Waals surface area contributed by atoms with Crippen LogP contribution in [-0.2, 0) is 24.1 Å². The van der Waals surface area contributed by atoms with Crippen molar-refractivity contribution in [2.75, 3.05) is 13.2 Å². The van der Waals surface area contributed by atoms with Gasteiger partial charge in [-0.05, 0) is 13.8 Å². The molecule has 0 unspecified atom stereocenters. The van der Waals surface area contributed by atoms with Gasteiger partial charge in [-0.2, -0.15) is 4.89 Å². The van der Waals surface area contributed by atoms with Crippen LogP contribution in [0.3, 0.4) is 0 Å². The van der Waals surface area contributed by atoms with Crippen molar-refractivity contribution in [3.63, 3.8) is 0 Å². The van der Waals surface area contributed by atoms with E-state index in [-0.39, 0.29) is 13.2 Å². The highest BCUT2D eigenvalue weighted by Crippen LogP contribution is 1.88. The van der Waals surface area contributed by atoms with Crippen LogP contribution < -0.4 is 0 Å². The van der Waals surface area contributed by atoms with E-state index in [1.807, 2.05) is 13.8 Å². The molecule has 104 valence electrons. The van der Waals surface area contributed by atoms with Crippen molar-refractivity contribution >= 4 is 11.9 Å². The summed E-state index contributed by atoms with van der Waals surface area (Å²) < 4.78 is 4.76. The molecule has 0 atom stereocenters. The third-order valence-corrected chi connectivity index (χ3v) is 1.62. The lowest BCUT2D eigenvalue weighted by Crippen LogP contribution is -2.10. The molecule has 0 amide bonds. The van der Waals surface area contributed by atoms with E-state index in [2.05, 4.69) is 9.78 Å². The number of allylic oxidation sites excluding steroid dienone is 6. The summed E-state index contributed by atoms with van der Waals surface area (Å²) in [6.07, 6.45) is 12.5. The molecular formula is C14H18O5. The van der Waals surface area contributed by atoms with E-state index in [9.17, 15) is 9.59 Å². The Morgan fingerprint density at radius 2 is 1.42 bits per heavy atom. The van der Waals surface area contributed by atoms with Gasteiger partial charge in [0, 0.05) is 12.2 Å². The van der Waals surface area contributed by atoms with Gasteiger partial charge in [-0.3, -0.25) is 4.89 Å². The second kappa shape index (κ2) is 12.3. The molecule has 0 heterocycles. The summed E-state index contributed by atoms with van der Waals surface area (Å²) in [6, 6.07) is 0. The fourth-order valence-corrected chi connectivity index (χ4v) is 0.842. The van der Waals surface area contributed by atoms with Crippen LogP contribution in [0.1, 0.15) is 13.8 Å². The molecule has 19 heavy (non-hydrogen) atoms. The first-order valence-corrected chi connectivity index (χ1v) is 5.79. The normalized spacial score (nSPS) is 11.9. The fraction of sp³-hybridized carbons (Fsp3) is 0.286. The summed E-state index contributed by atoms with van der Waals surface area (Å²) in [6.45, 7) is 3.64. The summed E-state index contributed by atoms with van der Waals surface area (Å²) in [5.41, 5.74) is 0. The highest BCUT2D eigenvalue weighted by molar-refractivity contribution is 5.82. The molecule has 0 saturated heterocycles. The highest BCUT2D eigenvalue weighted by Gasteiger charge is 1.99. The van der Waals surface area contributed by atoms with Crippen LogP contribution in [0.2, 0.25) is 0 Å². The average Bonchev–Trinajstić information content (AvgIpc) is 2.39. The van der Waals surface area contributed by atoms with E-state index in [0.717, 1.165) is 0 Å². The molecule has 0 aliphatic rings. The van der Waals surface area contributed by atoms with E-state index in [1.165, 1.54) is 18.2 Å². The molecule has 0 saturated carbocycles. The molecule has 0 aromatic heterocycles. The van der Waals surface area contributed by atoms with Crippen molar-refractivity contribution in [1.29, 1.82) is 0 Å². The van der Waals surface area contributed by atoms with Crippen molar-refractivity contribution in [3.8, 4) is 0 Å². The minimum atomic E-state index is -0.627. The number of esters is 1. The molecule has 0 N–H and O–H groups in total. The zero-order valence-electron chi connectivity index (χ0n) is 11.1. The van der Waals surface area contributed by atoms with E-state index < -0.39 is 11.9 Å². The Morgan fingerprint density at radius 3 is 2.00 bits per heavy atom. The van der Waals surface area contributed by atoms with Gasteiger partial charge in [-0.15, -0.1) is 0 Å². The van der Waals surface area contributed by atoms with Crippen molar-refractivity contribution in [3.05, 3.63) is 48.6 Å². The predicted molar refractivity (Wildman–Crippen MR) is 70.9 cm³/mol. The lowest BCUT2D eigenvalue weighted by molar-refractivity contribution is -0.270. The van der Waals surface area contributed by atoms with E-state index in [1.54, 1.807) is 30.4 Å². The molecule has 0 aliphatic heterocycles. The smallest absolute Gasteiger partial charge is 0.365 e. The van der Waals surface area contributed by atoms with Crippen LogP contribution in [-0.4, -0.2) is 25.2 Å². The lowest BCUT2D eigenvalue weighted by Gasteiger charge is -2.01. The first kappa shape index (κ1) is 16.9. The van der Waals surface area contributed by atoms with Gasteiger partial charge in [0.1, 0.15) is 13.2 Å². The molecule has 0 aromatic rings. The second-order valence-corrected chi connectivity index (χ2v) is 3.16. The van der Waals surface area contributed by atoms with Gasteiger partial charge < -0.3 is 4.74 Å².